The van der Waals surface area contributed by atoms with Gasteiger partial charge >= 0.3 is 0 Å². The van der Waals surface area contributed by atoms with E-state index in [2.05, 4.69) is 20.6 Å². The number of benzene rings is 1. The van der Waals surface area contributed by atoms with E-state index in [-0.39, 0.29) is 18.3 Å². The summed E-state index contributed by atoms with van der Waals surface area (Å²) in [7, 11) is 0. The first kappa shape index (κ1) is 14.9. The number of rotatable bonds is 4. The predicted octanol–water partition coefficient (Wildman–Crippen LogP) is 2.59. The van der Waals surface area contributed by atoms with Gasteiger partial charge in [0.05, 0.1) is 6.54 Å². The van der Waals surface area contributed by atoms with E-state index in [1.807, 2.05) is 19.9 Å². The highest BCUT2D eigenvalue weighted by Crippen LogP contribution is 2.15. The molecule has 0 aliphatic carbocycles. The average molecular weight is 288 g/mol. The van der Waals surface area contributed by atoms with Crippen LogP contribution in [0.5, 0.6) is 0 Å². The second kappa shape index (κ2) is 6.30. The number of halogens is 1. The third kappa shape index (κ3) is 4.24. The van der Waals surface area contributed by atoms with Gasteiger partial charge in [0, 0.05) is 17.1 Å². The highest BCUT2D eigenvalue weighted by atomic mass is 19.1. The summed E-state index contributed by atoms with van der Waals surface area (Å²) < 4.78 is 13.0. The lowest BCUT2D eigenvalue weighted by Gasteiger charge is -2.09. The smallest absolute Gasteiger partial charge is 0.243 e. The molecule has 0 aliphatic heterocycles. The molecule has 2 aromatic rings. The van der Waals surface area contributed by atoms with Crippen LogP contribution in [0.25, 0.3) is 0 Å². The molecule has 1 heterocycles. The van der Waals surface area contributed by atoms with E-state index in [0.29, 0.717) is 17.2 Å². The largest absolute Gasteiger partial charge is 0.345 e. The molecular formula is C15H17FN4O. The number of nitrogens with zero attached hydrogens (tertiary/aromatic N) is 2. The Morgan fingerprint density at radius 2 is 1.81 bits per heavy atom. The normalized spacial score (nSPS) is 10.3. The van der Waals surface area contributed by atoms with Crippen LogP contribution in [0.4, 0.5) is 16.0 Å². The number of carbonyl (C=O) groups excluding carboxylic acids is 1. The Balaban J connectivity index is 1.95. The van der Waals surface area contributed by atoms with Gasteiger partial charge in [-0.1, -0.05) is 0 Å². The molecule has 2 rings (SSSR count). The Morgan fingerprint density at radius 1 is 1.14 bits per heavy atom. The first-order valence-electron chi connectivity index (χ1n) is 6.56. The molecule has 0 radical (unpaired) electrons. The number of hydrogen-bond acceptors (Lipinski definition) is 4. The maximum atomic E-state index is 13.0. The molecule has 0 unspecified atom stereocenters. The molecule has 1 amide bonds. The Labute approximate surface area is 122 Å². The molecule has 1 aromatic carbocycles. The monoisotopic (exact) mass is 288 g/mol. The quantitative estimate of drug-likeness (QED) is 0.907. The van der Waals surface area contributed by atoms with Crippen molar-refractivity contribution in [2.24, 2.45) is 0 Å². The highest BCUT2D eigenvalue weighted by molar-refractivity contribution is 5.94. The van der Waals surface area contributed by atoms with Crippen molar-refractivity contribution in [2.75, 3.05) is 17.2 Å². The predicted molar refractivity (Wildman–Crippen MR) is 79.8 cm³/mol. The number of anilines is 2. The Morgan fingerprint density at radius 3 is 2.43 bits per heavy atom. The maximum Gasteiger partial charge on any atom is 0.243 e. The van der Waals surface area contributed by atoms with Gasteiger partial charge in [0.2, 0.25) is 11.9 Å². The molecule has 0 atom stereocenters. The SMILES string of the molecule is Cc1cc(C)nc(NCC(=O)Nc2ccc(F)cc2C)n1. The second-order valence-corrected chi connectivity index (χ2v) is 4.84. The molecule has 0 spiro atoms. The minimum atomic E-state index is -0.327. The van der Waals surface area contributed by atoms with Crippen LogP contribution in [0, 0.1) is 26.6 Å². The van der Waals surface area contributed by atoms with Crippen molar-refractivity contribution in [1.82, 2.24) is 9.97 Å². The first-order valence-corrected chi connectivity index (χ1v) is 6.56. The zero-order valence-electron chi connectivity index (χ0n) is 12.2. The van der Waals surface area contributed by atoms with Crippen LogP contribution in [-0.2, 0) is 4.79 Å². The van der Waals surface area contributed by atoms with E-state index in [0.717, 1.165) is 11.4 Å². The highest BCUT2D eigenvalue weighted by Gasteiger charge is 2.07. The number of aromatic nitrogens is 2. The lowest BCUT2D eigenvalue weighted by atomic mass is 10.2. The summed E-state index contributed by atoms with van der Waals surface area (Å²) in [5.74, 6) is -0.154. The summed E-state index contributed by atoms with van der Waals surface area (Å²) in [5, 5.41) is 5.58. The Bertz CT molecular complexity index is 652. The average Bonchev–Trinajstić information content (AvgIpc) is 2.39. The fourth-order valence-electron chi connectivity index (χ4n) is 1.93. The molecule has 1 aromatic heterocycles. The number of aryl methyl sites for hydroxylation is 3. The summed E-state index contributed by atoms with van der Waals surface area (Å²) in [4.78, 5) is 20.3. The van der Waals surface area contributed by atoms with Gasteiger partial charge < -0.3 is 10.6 Å². The van der Waals surface area contributed by atoms with E-state index in [1.165, 1.54) is 18.2 Å². The molecule has 21 heavy (non-hydrogen) atoms. The zero-order valence-corrected chi connectivity index (χ0v) is 12.2. The van der Waals surface area contributed by atoms with Gasteiger partial charge in [0.25, 0.3) is 0 Å². The minimum absolute atomic E-state index is 0.0414. The van der Waals surface area contributed by atoms with Crippen molar-refractivity contribution in [1.29, 1.82) is 0 Å². The molecule has 0 fully saturated rings. The lowest BCUT2D eigenvalue weighted by molar-refractivity contribution is -0.114. The van der Waals surface area contributed by atoms with Crippen molar-refractivity contribution in [3.63, 3.8) is 0 Å². The van der Waals surface area contributed by atoms with Crippen molar-refractivity contribution < 1.29 is 9.18 Å². The minimum Gasteiger partial charge on any atom is -0.345 e. The fourth-order valence-corrected chi connectivity index (χ4v) is 1.93. The van der Waals surface area contributed by atoms with Crippen LogP contribution in [0.15, 0.2) is 24.3 Å². The molecular weight excluding hydrogens is 271 g/mol. The van der Waals surface area contributed by atoms with Gasteiger partial charge in [-0.15, -0.1) is 0 Å². The lowest BCUT2D eigenvalue weighted by Crippen LogP contribution is -2.23. The van der Waals surface area contributed by atoms with Gasteiger partial charge in [-0.3, -0.25) is 4.79 Å². The number of hydrogen-bond donors (Lipinski definition) is 2. The standard InChI is InChI=1S/C15H17FN4O/c1-9-6-12(16)4-5-13(9)20-14(21)8-17-15-18-10(2)7-11(3)19-15/h4-7H,8H2,1-3H3,(H,20,21)(H,17,18,19). The Kier molecular flexibility index (Phi) is 4.47. The van der Waals surface area contributed by atoms with Gasteiger partial charge in [-0.05, 0) is 50.6 Å². The molecule has 0 saturated carbocycles. The number of carbonyl (C=O) groups is 1. The molecule has 6 heteroatoms. The number of nitrogens with one attached hydrogen (secondary N) is 2. The van der Waals surface area contributed by atoms with Gasteiger partial charge in [-0.25, -0.2) is 14.4 Å². The van der Waals surface area contributed by atoms with Crippen LogP contribution in [0.3, 0.4) is 0 Å². The van der Waals surface area contributed by atoms with E-state index in [9.17, 15) is 9.18 Å². The molecule has 5 nitrogen and oxygen atoms in total. The zero-order chi connectivity index (χ0) is 15.4. The summed E-state index contributed by atoms with van der Waals surface area (Å²) in [5.41, 5.74) is 2.93. The third-order valence-corrected chi connectivity index (χ3v) is 2.85. The van der Waals surface area contributed by atoms with Crippen LogP contribution < -0.4 is 10.6 Å². The third-order valence-electron chi connectivity index (χ3n) is 2.85. The molecule has 0 saturated heterocycles. The van der Waals surface area contributed by atoms with Gasteiger partial charge in [0.1, 0.15) is 5.82 Å². The van der Waals surface area contributed by atoms with E-state index in [4.69, 9.17) is 0 Å². The van der Waals surface area contributed by atoms with Gasteiger partial charge in [-0.2, -0.15) is 0 Å². The van der Waals surface area contributed by atoms with E-state index < -0.39 is 0 Å². The molecule has 0 aliphatic rings. The maximum absolute atomic E-state index is 13.0. The molecule has 0 bridgehead atoms. The first-order chi connectivity index (χ1) is 9.94. The fraction of sp³-hybridized carbons (Fsp3) is 0.267. The van der Waals surface area contributed by atoms with Crippen LogP contribution in [-0.4, -0.2) is 22.4 Å². The van der Waals surface area contributed by atoms with Crippen molar-refractivity contribution >= 4 is 17.5 Å². The van der Waals surface area contributed by atoms with Crippen LogP contribution in [0.2, 0.25) is 0 Å². The molecule has 2 N–H and O–H groups in total. The van der Waals surface area contributed by atoms with Crippen LogP contribution in [0.1, 0.15) is 17.0 Å². The second-order valence-electron chi connectivity index (χ2n) is 4.84. The van der Waals surface area contributed by atoms with E-state index in [1.54, 1.807) is 6.92 Å². The number of amides is 1. The van der Waals surface area contributed by atoms with Crippen molar-refractivity contribution in [2.45, 2.75) is 20.8 Å². The van der Waals surface area contributed by atoms with Crippen molar-refractivity contribution in [3.05, 3.63) is 47.0 Å². The molecule has 110 valence electrons. The van der Waals surface area contributed by atoms with E-state index >= 15 is 0 Å². The topological polar surface area (TPSA) is 66.9 Å². The van der Waals surface area contributed by atoms with Crippen molar-refractivity contribution in [3.8, 4) is 0 Å². The summed E-state index contributed by atoms with van der Waals surface area (Å²) in [6.07, 6.45) is 0. The summed E-state index contributed by atoms with van der Waals surface area (Å²) in [6, 6.07) is 6.07. The van der Waals surface area contributed by atoms with Crippen LogP contribution >= 0.6 is 0 Å². The summed E-state index contributed by atoms with van der Waals surface area (Å²) >= 11 is 0. The summed E-state index contributed by atoms with van der Waals surface area (Å²) in [6.45, 7) is 5.50. The van der Waals surface area contributed by atoms with Gasteiger partial charge in [0.15, 0.2) is 0 Å². The Hall–Kier alpha value is -2.50.